The summed E-state index contributed by atoms with van der Waals surface area (Å²) in [6.07, 6.45) is 1.02. The molecule has 0 aliphatic rings. The number of rotatable bonds is 6. The van der Waals surface area contributed by atoms with Crippen LogP contribution in [0.25, 0.3) is 0 Å². The van der Waals surface area contributed by atoms with Gasteiger partial charge in [0, 0.05) is 30.4 Å². The van der Waals surface area contributed by atoms with Crippen LogP contribution in [0.2, 0.25) is 5.02 Å². The summed E-state index contributed by atoms with van der Waals surface area (Å²) < 4.78 is 25.4. The molecule has 2 amide bonds. The minimum absolute atomic E-state index is 0.202. The second-order valence-electron chi connectivity index (χ2n) is 6.52. The fraction of sp³-hybridized carbons (Fsp3) is 0.263. The number of hydrogen-bond acceptors (Lipinski definition) is 4. The molecule has 150 valence electrons. The number of amides is 2. The molecule has 0 radical (unpaired) electrons. The summed E-state index contributed by atoms with van der Waals surface area (Å²) in [4.78, 5) is 25.9. The van der Waals surface area contributed by atoms with Crippen molar-refractivity contribution in [1.82, 2.24) is 4.90 Å². The molecule has 1 N–H and O–H groups in total. The van der Waals surface area contributed by atoms with E-state index in [1.807, 2.05) is 0 Å². The summed E-state index contributed by atoms with van der Waals surface area (Å²) in [5, 5.41) is 3.14. The minimum atomic E-state index is -3.72. The normalized spacial score (nSPS) is 11.0. The van der Waals surface area contributed by atoms with Crippen molar-refractivity contribution in [3.8, 4) is 0 Å². The molecule has 0 atom stereocenters. The lowest BCUT2D eigenvalue weighted by Gasteiger charge is -2.22. The van der Waals surface area contributed by atoms with E-state index in [1.54, 1.807) is 39.2 Å². The van der Waals surface area contributed by atoms with Gasteiger partial charge >= 0.3 is 0 Å². The van der Waals surface area contributed by atoms with Crippen LogP contribution in [0, 0.1) is 6.92 Å². The van der Waals surface area contributed by atoms with Gasteiger partial charge in [-0.2, -0.15) is 0 Å². The highest BCUT2D eigenvalue weighted by molar-refractivity contribution is 7.92. The van der Waals surface area contributed by atoms with Crippen LogP contribution in [-0.4, -0.2) is 52.0 Å². The first-order chi connectivity index (χ1) is 13.0. The van der Waals surface area contributed by atoms with Gasteiger partial charge in [0.05, 0.1) is 11.9 Å². The Morgan fingerprint density at radius 3 is 2.21 bits per heavy atom. The van der Waals surface area contributed by atoms with E-state index in [0.717, 1.165) is 16.1 Å². The molecule has 0 spiro atoms. The van der Waals surface area contributed by atoms with Crippen molar-refractivity contribution in [3.63, 3.8) is 0 Å². The quantitative estimate of drug-likeness (QED) is 0.773. The molecule has 0 bridgehead atoms. The van der Waals surface area contributed by atoms with E-state index in [-0.39, 0.29) is 11.6 Å². The fourth-order valence-corrected chi connectivity index (χ4v) is 3.51. The molecule has 0 saturated carbocycles. The molecule has 2 rings (SSSR count). The highest BCUT2D eigenvalue weighted by Gasteiger charge is 2.22. The Hall–Kier alpha value is -2.58. The first kappa shape index (κ1) is 21.7. The molecule has 0 fully saturated rings. The maximum absolute atomic E-state index is 12.4. The maximum atomic E-state index is 12.4. The Morgan fingerprint density at radius 2 is 1.68 bits per heavy atom. The molecule has 9 heteroatoms. The second-order valence-corrected chi connectivity index (χ2v) is 8.87. The molecule has 2 aromatic rings. The third-order valence-electron chi connectivity index (χ3n) is 3.97. The van der Waals surface area contributed by atoms with E-state index in [9.17, 15) is 18.0 Å². The van der Waals surface area contributed by atoms with Gasteiger partial charge in [0.15, 0.2) is 0 Å². The number of nitrogens with one attached hydrogen (secondary N) is 1. The number of aryl methyl sites for hydroxylation is 1. The van der Waals surface area contributed by atoms with E-state index in [2.05, 4.69) is 5.32 Å². The van der Waals surface area contributed by atoms with Gasteiger partial charge in [0.2, 0.25) is 15.9 Å². The van der Waals surface area contributed by atoms with Crippen LogP contribution in [0.15, 0.2) is 42.5 Å². The van der Waals surface area contributed by atoms with E-state index in [4.69, 9.17) is 11.6 Å². The molecule has 0 heterocycles. The molecule has 0 saturated heterocycles. The van der Waals surface area contributed by atoms with Crippen LogP contribution < -0.4 is 9.62 Å². The molecular weight excluding hydrogens is 402 g/mol. The van der Waals surface area contributed by atoms with Crippen molar-refractivity contribution >= 4 is 44.8 Å². The lowest BCUT2D eigenvalue weighted by molar-refractivity contribution is -0.114. The van der Waals surface area contributed by atoms with Crippen molar-refractivity contribution < 1.29 is 18.0 Å². The number of carbonyl (C=O) groups excluding carboxylic acids is 2. The SMILES string of the molecule is Cc1ccc(Cl)cc1NC(=O)CN(c1ccc(C(=O)N(C)C)cc1)S(C)(=O)=O. The summed E-state index contributed by atoms with van der Waals surface area (Å²) in [5.74, 6) is -0.712. The van der Waals surface area contributed by atoms with Gasteiger partial charge in [0.1, 0.15) is 6.54 Å². The number of anilines is 2. The third-order valence-corrected chi connectivity index (χ3v) is 5.35. The Morgan fingerprint density at radius 1 is 1.07 bits per heavy atom. The smallest absolute Gasteiger partial charge is 0.253 e. The predicted molar refractivity (Wildman–Crippen MR) is 111 cm³/mol. The summed E-state index contributed by atoms with van der Waals surface area (Å²) in [6.45, 7) is 1.40. The van der Waals surface area contributed by atoms with Crippen molar-refractivity contribution in [2.24, 2.45) is 0 Å². The zero-order valence-corrected chi connectivity index (χ0v) is 17.6. The van der Waals surface area contributed by atoms with Crippen LogP contribution in [-0.2, 0) is 14.8 Å². The number of halogens is 1. The van der Waals surface area contributed by atoms with Crippen LogP contribution in [0.1, 0.15) is 15.9 Å². The molecular formula is C19H22ClN3O4S. The third kappa shape index (κ3) is 5.46. The first-order valence-corrected chi connectivity index (χ1v) is 10.6. The standard InChI is InChI=1S/C19H22ClN3O4S/c1-13-5-8-15(20)11-17(13)21-18(24)12-23(28(4,26)27)16-9-6-14(7-10-16)19(25)22(2)3/h5-11H,12H2,1-4H3,(H,21,24). The summed E-state index contributed by atoms with van der Waals surface area (Å²) in [6, 6.07) is 11.1. The number of sulfonamides is 1. The van der Waals surface area contributed by atoms with Crippen LogP contribution >= 0.6 is 11.6 Å². The number of nitrogens with zero attached hydrogens (tertiary/aromatic N) is 2. The molecule has 0 aliphatic heterocycles. The summed E-state index contributed by atoms with van der Waals surface area (Å²) >= 11 is 5.95. The Kier molecular flexibility index (Phi) is 6.69. The van der Waals surface area contributed by atoms with Gasteiger partial charge in [0.25, 0.3) is 5.91 Å². The van der Waals surface area contributed by atoms with Crippen molar-refractivity contribution in [1.29, 1.82) is 0 Å². The van der Waals surface area contributed by atoms with E-state index in [1.165, 1.54) is 29.2 Å². The fourth-order valence-electron chi connectivity index (χ4n) is 2.48. The monoisotopic (exact) mass is 423 g/mol. The number of hydrogen-bond donors (Lipinski definition) is 1. The van der Waals surface area contributed by atoms with Crippen LogP contribution in [0.4, 0.5) is 11.4 Å². The highest BCUT2D eigenvalue weighted by atomic mass is 35.5. The van der Waals surface area contributed by atoms with Gasteiger partial charge in [-0.3, -0.25) is 13.9 Å². The van der Waals surface area contributed by atoms with Gasteiger partial charge in [-0.15, -0.1) is 0 Å². The first-order valence-electron chi connectivity index (χ1n) is 8.34. The highest BCUT2D eigenvalue weighted by Crippen LogP contribution is 2.22. The average molecular weight is 424 g/mol. The summed E-state index contributed by atoms with van der Waals surface area (Å²) in [7, 11) is -0.470. The van der Waals surface area contributed by atoms with Crippen molar-refractivity contribution in [2.45, 2.75) is 6.92 Å². The van der Waals surface area contributed by atoms with Crippen LogP contribution in [0.3, 0.4) is 0 Å². The largest absolute Gasteiger partial charge is 0.345 e. The maximum Gasteiger partial charge on any atom is 0.253 e. The zero-order valence-electron chi connectivity index (χ0n) is 16.1. The molecule has 0 aromatic heterocycles. The predicted octanol–water partition coefficient (Wildman–Crippen LogP) is 2.75. The van der Waals surface area contributed by atoms with E-state index in [0.29, 0.717) is 16.3 Å². The van der Waals surface area contributed by atoms with Gasteiger partial charge in [-0.25, -0.2) is 8.42 Å². The zero-order chi connectivity index (χ0) is 21.1. The Labute approximate surface area is 169 Å². The Bertz CT molecular complexity index is 989. The van der Waals surface area contributed by atoms with Crippen molar-refractivity contribution in [3.05, 3.63) is 58.6 Å². The van der Waals surface area contributed by atoms with E-state index >= 15 is 0 Å². The Balaban J connectivity index is 2.24. The topological polar surface area (TPSA) is 86.8 Å². The molecule has 0 aliphatic carbocycles. The number of benzene rings is 2. The van der Waals surface area contributed by atoms with E-state index < -0.39 is 22.5 Å². The molecule has 7 nitrogen and oxygen atoms in total. The second kappa shape index (κ2) is 8.62. The van der Waals surface area contributed by atoms with Crippen LogP contribution in [0.5, 0.6) is 0 Å². The lowest BCUT2D eigenvalue weighted by Crippen LogP contribution is -2.37. The minimum Gasteiger partial charge on any atom is -0.345 e. The molecule has 0 unspecified atom stereocenters. The molecule has 28 heavy (non-hydrogen) atoms. The summed E-state index contributed by atoms with van der Waals surface area (Å²) in [5.41, 5.74) is 2.02. The lowest BCUT2D eigenvalue weighted by atomic mass is 10.2. The number of carbonyl (C=O) groups is 2. The average Bonchev–Trinajstić information content (AvgIpc) is 2.61. The molecule has 2 aromatic carbocycles. The van der Waals surface area contributed by atoms with Gasteiger partial charge in [-0.1, -0.05) is 17.7 Å². The van der Waals surface area contributed by atoms with Gasteiger partial charge < -0.3 is 10.2 Å². The van der Waals surface area contributed by atoms with Crippen molar-refractivity contribution in [2.75, 3.05) is 36.5 Å². The van der Waals surface area contributed by atoms with Gasteiger partial charge in [-0.05, 0) is 48.9 Å².